The van der Waals surface area contributed by atoms with Gasteiger partial charge in [-0.2, -0.15) is 4.98 Å². The van der Waals surface area contributed by atoms with Crippen LogP contribution in [0, 0.1) is 6.92 Å². The van der Waals surface area contributed by atoms with E-state index in [1.165, 1.54) is 5.56 Å². The summed E-state index contributed by atoms with van der Waals surface area (Å²) in [7, 11) is 0. The third kappa shape index (κ3) is 7.31. The number of hydrogen-bond acceptors (Lipinski definition) is 7. The van der Waals surface area contributed by atoms with Crippen molar-refractivity contribution in [2.75, 3.05) is 45.9 Å². The molecule has 0 saturated carbocycles. The highest BCUT2D eigenvalue weighted by Gasteiger charge is 2.21. The third-order valence-electron chi connectivity index (χ3n) is 6.31. The monoisotopic (exact) mass is 492 g/mol. The van der Waals surface area contributed by atoms with Crippen LogP contribution in [0.25, 0.3) is 11.4 Å². The normalized spacial score (nSPS) is 14.1. The Bertz CT molecular complexity index is 1090. The molecule has 1 fully saturated rings. The van der Waals surface area contributed by atoms with E-state index in [1.807, 2.05) is 60.4 Å². The van der Waals surface area contributed by atoms with Crippen LogP contribution in [0.1, 0.15) is 37.6 Å². The summed E-state index contributed by atoms with van der Waals surface area (Å²) in [4.78, 5) is 21.5. The smallest absolute Gasteiger partial charge is 0.227 e. The summed E-state index contributed by atoms with van der Waals surface area (Å²) in [6.45, 7) is 9.37. The molecule has 8 nitrogen and oxygen atoms in total. The number of piperazine rings is 1. The van der Waals surface area contributed by atoms with Gasteiger partial charge in [0.25, 0.3) is 0 Å². The van der Waals surface area contributed by atoms with E-state index in [2.05, 4.69) is 22.0 Å². The van der Waals surface area contributed by atoms with Crippen molar-refractivity contribution in [1.82, 2.24) is 19.9 Å². The Morgan fingerprint density at radius 2 is 1.69 bits per heavy atom. The lowest BCUT2D eigenvalue weighted by Gasteiger charge is -2.34. The molecule has 0 N–H and O–H groups in total. The minimum Gasteiger partial charge on any atom is -0.490 e. The van der Waals surface area contributed by atoms with Gasteiger partial charge in [-0.25, -0.2) is 0 Å². The van der Waals surface area contributed by atoms with Gasteiger partial charge in [-0.15, -0.1) is 0 Å². The lowest BCUT2D eigenvalue weighted by atomic mass is 10.1. The van der Waals surface area contributed by atoms with Crippen LogP contribution in [-0.2, 0) is 11.2 Å². The quantitative estimate of drug-likeness (QED) is 0.347. The number of para-hydroxylation sites is 2. The third-order valence-corrected chi connectivity index (χ3v) is 6.31. The van der Waals surface area contributed by atoms with Gasteiger partial charge in [0.05, 0.1) is 13.2 Å². The second kappa shape index (κ2) is 13.1. The SMILES string of the molecule is CCOc1ccccc1OCCCC(=O)N1CCN(CCCc2nc(-c3ccc(C)cc3)no2)CC1. The molecule has 1 aromatic heterocycles. The molecule has 0 aliphatic carbocycles. The van der Waals surface area contributed by atoms with Crippen LogP contribution in [-0.4, -0.2) is 71.8 Å². The summed E-state index contributed by atoms with van der Waals surface area (Å²) >= 11 is 0. The van der Waals surface area contributed by atoms with E-state index < -0.39 is 0 Å². The molecule has 0 unspecified atom stereocenters. The molecule has 2 aromatic carbocycles. The number of benzene rings is 2. The van der Waals surface area contributed by atoms with Gasteiger partial charge >= 0.3 is 0 Å². The Morgan fingerprint density at radius 3 is 2.42 bits per heavy atom. The molecule has 8 heteroatoms. The van der Waals surface area contributed by atoms with Crippen LogP contribution >= 0.6 is 0 Å². The number of aryl methyl sites for hydroxylation is 2. The van der Waals surface area contributed by atoms with Crippen molar-refractivity contribution in [3.8, 4) is 22.9 Å². The molecule has 36 heavy (non-hydrogen) atoms. The summed E-state index contributed by atoms with van der Waals surface area (Å²) in [5.74, 6) is 2.98. The van der Waals surface area contributed by atoms with Gasteiger partial charge < -0.3 is 18.9 Å². The number of rotatable bonds is 12. The molecule has 192 valence electrons. The number of amides is 1. The van der Waals surface area contributed by atoms with Gasteiger partial charge in [-0.1, -0.05) is 47.1 Å². The maximum atomic E-state index is 12.6. The first-order chi connectivity index (χ1) is 17.6. The molecule has 1 aliphatic heterocycles. The predicted octanol–water partition coefficient (Wildman–Crippen LogP) is 4.38. The zero-order valence-corrected chi connectivity index (χ0v) is 21.3. The Labute approximate surface area is 213 Å². The first-order valence-electron chi connectivity index (χ1n) is 12.9. The Kier molecular flexibility index (Phi) is 9.33. The Morgan fingerprint density at radius 1 is 0.972 bits per heavy atom. The maximum Gasteiger partial charge on any atom is 0.227 e. The highest BCUT2D eigenvalue weighted by atomic mass is 16.5. The summed E-state index contributed by atoms with van der Waals surface area (Å²) in [6.07, 6.45) is 2.89. The highest BCUT2D eigenvalue weighted by molar-refractivity contribution is 5.76. The molecule has 0 bridgehead atoms. The Balaban J connectivity index is 1.10. The fraction of sp³-hybridized carbons (Fsp3) is 0.464. The van der Waals surface area contributed by atoms with E-state index in [4.69, 9.17) is 14.0 Å². The van der Waals surface area contributed by atoms with Crippen LogP contribution < -0.4 is 9.47 Å². The Hall–Kier alpha value is -3.39. The molecule has 0 atom stereocenters. The minimum atomic E-state index is 0.200. The fourth-order valence-corrected chi connectivity index (χ4v) is 4.26. The summed E-state index contributed by atoms with van der Waals surface area (Å²) in [5, 5.41) is 4.11. The lowest BCUT2D eigenvalue weighted by molar-refractivity contribution is -0.133. The summed E-state index contributed by atoms with van der Waals surface area (Å²) in [6, 6.07) is 15.8. The lowest BCUT2D eigenvalue weighted by Crippen LogP contribution is -2.48. The summed E-state index contributed by atoms with van der Waals surface area (Å²) < 4.78 is 16.8. The number of carbonyl (C=O) groups is 1. The van der Waals surface area contributed by atoms with Crippen molar-refractivity contribution in [1.29, 1.82) is 0 Å². The maximum absolute atomic E-state index is 12.6. The minimum absolute atomic E-state index is 0.200. The second-order valence-electron chi connectivity index (χ2n) is 9.04. The van der Waals surface area contributed by atoms with E-state index in [0.717, 1.165) is 62.6 Å². The number of carbonyl (C=O) groups excluding carboxylic acids is 1. The van der Waals surface area contributed by atoms with E-state index in [0.29, 0.717) is 37.8 Å². The standard InChI is InChI=1S/C28H36N4O4/c1-3-34-24-8-4-5-9-25(24)35-21-7-11-27(33)32-19-17-31(18-20-32)16-6-10-26-29-28(30-36-26)23-14-12-22(2)13-15-23/h4-5,8-9,12-15H,3,6-7,10-11,16-21H2,1-2H3. The molecule has 1 saturated heterocycles. The second-order valence-corrected chi connectivity index (χ2v) is 9.04. The van der Waals surface area contributed by atoms with E-state index in [-0.39, 0.29) is 5.91 Å². The van der Waals surface area contributed by atoms with Crippen molar-refractivity contribution < 1.29 is 18.8 Å². The van der Waals surface area contributed by atoms with E-state index >= 15 is 0 Å². The van der Waals surface area contributed by atoms with Gasteiger partial charge in [0, 0.05) is 44.6 Å². The van der Waals surface area contributed by atoms with Gasteiger partial charge in [0.2, 0.25) is 17.6 Å². The van der Waals surface area contributed by atoms with Crippen LogP contribution in [0.15, 0.2) is 53.1 Å². The van der Waals surface area contributed by atoms with Gasteiger partial charge in [-0.3, -0.25) is 9.69 Å². The topological polar surface area (TPSA) is 80.9 Å². The van der Waals surface area contributed by atoms with Crippen LogP contribution in [0.2, 0.25) is 0 Å². The van der Waals surface area contributed by atoms with Gasteiger partial charge in [-0.05, 0) is 45.4 Å². The molecule has 2 heterocycles. The van der Waals surface area contributed by atoms with Crippen molar-refractivity contribution in [3.63, 3.8) is 0 Å². The van der Waals surface area contributed by atoms with Gasteiger partial charge in [0.1, 0.15) is 0 Å². The fourth-order valence-electron chi connectivity index (χ4n) is 4.26. The van der Waals surface area contributed by atoms with Crippen molar-refractivity contribution >= 4 is 5.91 Å². The molecular weight excluding hydrogens is 456 g/mol. The zero-order chi connectivity index (χ0) is 25.2. The average molecular weight is 493 g/mol. The first kappa shape index (κ1) is 25.7. The van der Waals surface area contributed by atoms with E-state index in [9.17, 15) is 4.79 Å². The number of hydrogen-bond donors (Lipinski definition) is 0. The molecule has 0 spiro atoms. The number of ether oxygens (including phenoxy) is 2. The molecule has 1 amide bonds. The molecule has 3 aromatic rings. The molecule has 1 aliphatic rings. The van der Waals surface area contributed by atoms with E-state index in [1.54, 1.807) is 0 Å². The zero-order valence-electron chi connectivity index (χ0n) is 21.3. The molecule has 4 rings (SSSR count). The van der Waals surface area contributed by atoms with Crippen molar-refractivity contribution in [2.24, 2.45) is 0 Å². The first-order valence-corrected chi connectivity index (χ1v) is 12.9. The van der Waals surface area contributed by atoms with Crippen LogP contribution in [0.4, 0.5) is 0 Å². The van der Waals surface area contributed by atoms with Crippen molar-refractivity contribution in [3.05, 3.63) is 60.0 Å². The number of aromatic nitrogens is 2. The van der Waals surface area contributed by atoms with Crippen LogP contribution in [0.3, 0.4) is 0 Å². The van der Waals surface area contributed by atoms with Gasteiger partial charge in [0.15, 0.2) is 11.5 Å². The average Bonchev–Trinajstić information content (AvgIpc) is 3.37. The highest BCUT2D eigenvalue weighted by Crippen LogP contribution is 2.26. The van der Waals surface area contributed by atoms with Crippen molar-refractivity contribution in [2.45, 2.75) is 39.5 Å². The molecular formula is C28H36N4O4. The largest absolute Gasteiger partial charge is 0.490 e. The summed E-state index contributed by atoms with van der Waals surface area (Å²) in [5.41, 5.74) is 2.18. The predicted molar refractivity (Wildman–Crippen MR) is 138 cm³/mol. The van der Waals surface area contributed by atoms with Crippen LogP contribution in [0.5, 0.6) is 11.5 Å². The molecule has 0 radical (unpaired) electrons. The number of nitrogens with zero attached hydrogens (tertiary/aromatic N) is 4.